The topological polar surface area (TPSA) is 48.7 Å². The predicted molar refractivity (Wildman–Crippen MR) is 64.9 cm³/mol. The first-order valence-electron chi connectivity index (χ1n) is 5.90. The number of unbranched alkanes of at least 4 members (excludes halogenated alkanes) is 1. The van der Waals surface area contributed by atoms with Crippen molar-refractivity contribution in [2.24, 2.45) is 0 Å². The zero-order chi connectivity index (χ0) is 11.8. The van der Waals surface area contributed by atoms with Gasteiger partial charge in [-0.1, -0.05) is 20.3 Å². The molecule has 1 rings (SSSR count). The van der Waals surface area contributed by atoms with Gasteiger partial charge in [-0.15, -0.1) is 0 Å². The number of pyridine rings is 1. The lowest BCUT2D eigenvalue weighted by Crippen LogP contribution is -2.15. The summed E-state index contributed by atoms with van der Waals surface area (Å²) in [5, 5.41) is 12.3. The molecule has 0 saturated heterocycles. The molecule has 16 heavy (non-hydrogen) atoms. The number of aromatic nitrogens is 1. The molecule has 1 N–H and O–H groups in total. The Bertz CT molecular complexity index is 366. The lowest BCUT2D eigenvalue weighted by Gasteiger charge is -2.06. The number of aryl methyl sites for hydroxylation is 1. The van der Waals surface area contributed by atoms with Crippen molar-refractivity contribution in [3.05, 3.63) is 29.1 Å². The van der Waals surface area contributed by atoms with E-state index in [1.807, 2.05) is 19.2 Å². The summed E-state index contributed by atoms with van der Waals surface area (Å²) in [6.07, 6.45) is 5.06. The highest BCUT2D eigenvalue weighted by Gasteiger charge is 2.02. The van der Waals surface area contributed by atoms with Crippen LogP contribution in [0.5, 0.6) is 0 Å². The van der Waals surface area contributed by atoms with Crippen molar-refractivity contribution in [1.82, 2.24) is 10.3 Å². The Kier molecular flexibility index (Phi) is 5.52. The van der Waals surface area contributed by atoms with Crippen LogP contribution >= 0.6 is 0 Å². The Morgan fingerprint density at radius 3 is 2.88 bits per heavy atom. The number of nitriles is 1. The summed E-state index contributed by atoms with van der Waals surface area (Å²) in [5.74, 6) is 0. The Hall–Kier alpha value is -1.40. The van der Waals surface area contributed by atoms with E-state index < -0.39 is 0 Å². The molecule has 0 saturated carbocycles. The molecule has 0 atom stereocenters. The first-order valence-corrected chi connectivity index (χ1v) is 5.90. The molecule has 0 bridgehead atoms. The maximum absolute atomic E-state index is 8.97. The van der Waals surface area contributed by atoms with Gasteiger partial charge in [-0.25, -0.2) is 0 Å². The molecular formula is C13H19N3. The van der Waals surface area contributed by atoms with Gasteiger partial charge in [0.1, 0.15) is 6.07 Å². The van der Waals surface area contributed by atoms with E-state index in [-0.39, 0.29) is 0 Å². The summed E-state index contributed by atoms with van der Waals surface area (Å²) < 4.78 is 0. The van der Waals surface area contributed by atoms with E-state index >= 15 is 0 Å². The third-order valence-corrected chi connectivity index (χ3v) is 2.52. The molecule has 1 heterocycles. The van der Waals surface area contributed by atoms with Gasteiger partial charge in [-0.3, -0.25) is 4.98 Å². The van der Waals surface area contributed by atoms with Crippen molar-refractivity contribution in [2.75, 3.05) is 6.54 Å². The largest absolute Gasteiger partial charge is 0.313 e. The number of nitrogens with zero attached hydrogens (tertiary/aromatic N) is 2. The molecule has 0 aliphatic heterocycles. The van der Waals surface area contributed by atoms with Crippen LogP contribution in [0.1, 0.15) is 43.5 Å². The van der Waals surface area contributed by atoms with Gasteiger partial charge in [0.25, 0.3) is 0 Å². The van der Waals surface area contributed by atoms with Crippen LogP contribution in [-0.2, 0) is 13.0 Å². The molecule has 86 valence electrons. The number of rotatable bonds is 6. The SMILES string of the molecule is CCCCNCc1cnc(CC)c(C#N)c1. The van der Waals surface area contributed by atoms with Gasteiger partial charge in [-0.05, 0) is 31.0 Å². The highest BCUT2D eigenvalue weighted by molar-refractivity contribution is 5.35. The minimum atomic E-state index is 0.706. The summed E-state index contributed by atoms with van der Waals surface area (Å²) in [7, 11) is 0. The molecule has 3 heteroatoms. The number of hydrogen-bond donors (Lipinski definition) is 1. The van der Waals surface area contributed by atoms with Crippen molar-refractivity contribution < 1.29 is 0 Å². The second kappa shape index (κ2) is 6.97. The summed E-state index contributed by atoms with van der Waals surface area (Å²) in [5.41, 5.74) is 2.68. The molecular weight excluding hydrogens is 198 g/mol. The highest BCUT2D eigenvalue weighted by atomic mass is 14.8. The molecule has 1 aromatic heterocycles. The van der Waals surface area contributed by atoms with Gasteiger partial charge < -0.3 is 5.32 Å². The van der Waals surface area contributed by atoms with Crippen molar-refractivity contribution in [2.45, 2.75) is 39.7 Å². The van der Waals surface area contributed by atoms with Crippen LogP contribution in [0.4, 0.5) is 0 Å². The van der Waals surface area contributed by atoms with Crippen LogP contribution in [0.2, 0.25) is 0 Å². The summed E-state index contributed by atoms with van der Waals surface area (Å²) in [6.45, 7) is 6.01. The van der Waals surface area contributed by atoms with E-state index in [4.69, 9.17) is 5.26 Å². The molecule has 0 aliphatic carbocycles. The van der Waals surface area contributed by atoms with Gasteiger partial charge >= 0.3 is 0 Å². The van der Waals surface area contributed by atoms with Crippen LogP contribution in [0, 0.1) is 11.3 Å². The first-order chi connectivity index (χ1) is 7.81. The van der Waals surface area contributed by atoms with E-state index in [2.05, 4.69) is 23.3 Å². The maximum Gasteiger partial charge on any atom is 0.101 e. The zero-order valence-corrected chi connectivity index (χ0v) is 10.1. The predicted octanol–water partition coefficient (Wildman–Crippen LogP) is 2.41. The average molecular weight is 217 g/mol. The maximum atomic E-state index is 8.97. The van der Waals surface area contributed by atoms with Gasteiger partial charge in [0.15, 0.2) is 0 Å². The standard InChI is InChI=1S/C13H19N3/c1-3-5-6-15-9-11-7-12(8-14)13(4-2)16-10-11/h7,10,15H,3-6,9H2,1-2H3. The molecule has 0 aliphatic rings. The smallest absolute Gasteiger partial charge is 0.101 e. The summed E-state index contributed by atoms with van der Waals surface area (Å²) in [6, 6.07) is 4.13. The van der Waals surface area contributed by atoms with Crippen LogP contribution in [0.25, 0.3) is 0 Å². The average Bonchev–Trinajstić information content (AvgIpc) is 2.34. The third-order valence-electron chi connectivity index (χ3n) is 2.52. The minimum Gasteiger partial charge on any atom is -0.313 e. The van der Waals surface area contributed by atoms with Crippen molar-refractivity contribution in [3.63, 3.8) is 0 Å². The van der Waals surface area contributed by atoms with Crippen LogP contribution in [-0.4, -0.2) is 11.5 Å². The molecule has 0 radical (unpaired) electrons. The van der Waals surface area contributed by atoms with E-state index in [1.165, 1.54) is 12.8 Å². The fourth-order valence-electron chi connectivity index (χ4n) is 1.55. The Morgan fingerprint density at radius 1 is 1.44 bits per heavy atom. The van der Waals surface area contributed by atoms with E-state index in [9.17, 15) is 0 Å². The van der Waals surface area contributed by atoms with Crippen molar-refractivity contribution in [1.29, 1.82) is 5.26 Å². The van der Waals surface area contributed by atoms with Crippen LogP contribution in [0.3, 0.4) is 0 Å². The molecule has 0 aromatic carbocycles. The normalized spacial score (nSPS) is 10.1. The number of nitrogens with one attached hydrogen (secondary N) is 1. The van der Waals surface area contributed by atoms with Gasteiger partial charge in [-0.2, -0.15) is 5.26 Å². The van der Waals surface area contributed by atoms with E-state index in [0.717, 1.165) is 30.8 Å². The fraction of sp³-hybridized carbons (Fsp3) is 0.538. The molecule has 0 spiro atoms. The Balaban J connectivity index is 2.58. The fourth-order valence-corrected chi connectivity index (χ4v) is 1.55. The quantitative estimate of drug-likeness (QED) is 0.744. The van der Waals surface area contributed by atoms with Crippen LogP contribution in [0.15, 0.2) is 12.3 Å². The van der Waals surface area contributed by atoms with Crippen molar-refractivity contribution in [3.8, 4) is 6.07 Å². The zero-order valence-electron chi connectivity index (χ0n) is 10.1. The minimum absolute atomic E-state index is 0.706. The second-order valence-corrected chi connectivity index (χ2v) is 3.83. The highest BCUT2D eigenvalue weighted by Crippen LogP contribution is 2.08. The Morgan fingerprint density at radius 2 is 2.25 bits per heavy atom. The van der Waals surface area contributed by atoms with Gasteiger partial charge in [0.05, 0.1) is 11.3 Å². The molecule has 1 aromatic rings. The van der Waals surface area contributed by atoms with Crippen LogP contribution < -0.4 is 5.32 Å². The monoisotopic (exact) mass is 217 g/mol. The second-order valence-electron chi connectivity index (χ2n) is 3.83. The molecule has 3 nitrogen and oxygen atoms in total. The molecule has 0 amide bonds. The van der Waals surface area contributed by atoms with Gasteiger partial charge in [0.2, 0.25) is 0 Å². The Labute approximate surface area is 97.5 Å². The lowest BCUT2D eigenvalue weighted by atomic mass is 10.1. The number of hydrogen-bond acceptors (Lipinski definition) is 3. The summed E-state index contributed by atoms with van der Waals surface area (Å²) >= 11 is 0. The van der Waals surface area contributed by atoms with Gasteiger partial charge in [0, 0.05) is 12.7 Å². The van der Waals surface area contributed by atoms with E-state index in [1.54, 1.807) is 0 Å². The summed E-state index contributed by atoms with van der Waals surface area (Å²) in [4.78, 5) is 4.30. The van der Waals surface area contributed by atoms with Crippen molar-refractivity contribution >= 4 is 0 Å². The first kappa shape index (κ1) is 12.7. The molecule has 0 unspecified atom stereocenters. The molecule has 0 fully saturated rings. The lowest BCUT2D eigenvalue weighted by molar-refractivity contribution is 0.640. The van der Waals surface area contributed by atoms with E-state index in [0.29, 0.717) is 5.56 Å². The third kappa shape index (κ3) is 3.63.